The molecule has 1 aromatic heterocycles. The number of nitrogens with one attached hydrogen (secondary N) is 1. The molecule has 6 nitrogen and oxygen atoms in total. The summed E-state index contributed by atoms with van der Waals surface area (Å²) in [5, 5.41) is 20.1. The topological polar surface area (TPSA) is 97.0 Å². The van der Waals surface area contributed by atoms with Crippen molar-refractivity contribution in [3.63, 3.8) is 0 Å². The molecule has 210 valence electrons. The second-order valence-electron chi connectivity index (χ2n) is 12.6. The fourth-order valence-corrected chi connectivity index (χ4v) is 5.44. The minimum Gasteiger partial charge on any atom is -0.507 e. The number of phenolic OH excluding ortho intramolecular Hbond substituents is 1. The fourth-order valence-electron chi connectivity index (χ4n) is 5.44. The summed E-state index contributed by atoms with van der Waals surface area (Å²) in [7, 11) is 0. The van der Waals surface area contributed by atoms with E-state index in [4.69, 9.17) is 11.1 Å². The number of nitrogens with zero attached hydrogens (tertiary/aromatic N) is 2. The van der Waals surface area contributed by atoms with Gasteiger partial charge in [-0.3, -0.25) is 10.2 Å². The smallest absolute Gasteiger partial charge is 0.203 e. The molecular formula is C30H44Cl2N4O2. The van der Waals surface area contributed by atoms with Crippen LogP contribution in [0.2, 0.25) is 0 Å². The summed E-state index contributed by atoms with van der Waals surface area (Å²) in [4.78, 5) is 13.7. The number of ketones is 1. The van der Waals surface area contributed by atoms with Crippen LogP contribution in [0.4, 0.5) is 0 Å². The summed E-state index contributed by atoms with van der Waals surface area (Å²) in [6, 6.07) is 11.9. The maximum Gasteiger partial charge on any atom is 0.203 e. The predicted molar refractivity (Wildman–Crippen MR) is 160 cm³/mol. The maximum atomic E-state index is 13.7. The number of benzene rings is 2. The highest BCUT2D eigenvalue weighted by atomic mass is 35.5. The number of hydrogen-bond donors (Lipinski definition) is 3. The SMILES string of the molecule is CC(C)(C)c1cc(C(=O)Cn2c(=N)n(CC3CCC(N)CC3)c3ccccc32)cc(C(C)(C)C)c1O.Cl.Cl. The van der Waals surface area contributed by atoms with E-state index in [9.17, 15) is 9.90 Å². The van der Waals surface area contributed by atoms with E-state index in [1.54, 1.807) is 0 Å². The van der Waals surface area contributed by atoms with Gasteiger partial charge in [-0.25, -0.2) is 0 Å². The minimum atomic E-state index is -0.313. The first-order chi connectivity index (χ1) is 16.8. The summed E-state index contributed by atoms with van der Waals surface area (Å²) in [6.07, 6.45) is 4.21. The number of fused-ring (bicyclic) bond motifs is 1. The lowest BCUT2D eigenvalue weighted by molar-refractivity contribution is 0.0971. The Kier molecular flexibility index (Phi) is 9.96. The molecule has 1 fully saturated rings. The largest absolute Gasteiger partial charge is 0.507 e. The number of hydrogen-bond acceptors (Lipinski definition) is 4. The quantitative estimate of drug-likeness (QED) is 0.311. The third-order valence-electron chi connectivity index (χ3n) is 7.66. The number of nitrogens with two attached hydrogens (primary N) is 1. The van der Waals surface area contributed by atoms with Gasteiger partial charge < -0.3 is 20.0 Å². The summed E-state index contributed by atoms with van der Waals surface area (Å²) in [5.74, 6) is 0.704. The first-order valence-electron chi connectivity index (χ1n) is 13.2. The van der Waals surface area contributed by atoms with Crippen LogP contribution in [0.15, 0.2) is 36.4 Å². The molecule has 0 unspecified atom stereocenters. The van der Waals surface area contributed by atoms with E-state index in [-0.39, 0.29) is 53.7 Å². The zero-order chi connectivity index (χ0) is 26.4. The highest BCUT2D eigenvalue weighted by Crippen LogP contribution is 2.40. The Morgan fingerprint density at radius 3 is 1.87 bits per heavy atom. The molecule has 0 saturated heterocycles. The van der Waals surface area contributed by atoms with Gasteiger partial charge in [0.15, 0.2) is 5.78 Å². The molecule has 3 aromatic rings. The molecule has 2 aromatic carbocycles. The molecule has 4 rings (SSSR count). The van der Waals surface area contributed by atoms with E-state index in [0.717, 1.165) is 54.4 Å². The number of carbonyl (C=O) groups excluding carboxylic acids is 1. The van der Waals surface area contributed by atoms with Crippen LogP contribution in [0.3, 0.4) is 0 Å². The Labute approximate surface area is 239 Å². The molecule has 1 aliphatic rings. The molecule has 1 saturated carbocycles. The van der Waals surface area contributed by atoms with E-state index in [1.165, 1.54) is 0 Å². The van der Waals surface area contributed by atoms with Gasteiger partial charge in [0, 0.05) is 29.3 Å². The van der Waals surface area contributed by atoms with Gasteiger partial charge in [0.2, 0.25) is 5.62 Å². The summed E-state index contributed by atoms with van der Waals surface area (Å²) < 4.78 is 3.88. The van der Waals surface area contributed by atoms with Crippen molar-refractivity contribution < 1.29 is 9.90 Å². The summed E-state index contributed by atoms with van der Waals surface area (Å²) >= 11 is 0. The first kappa shape index (κ1) is 31.9. The van der Waals surface area contributed by atoms with Crippen LogP contribution < -0.4 is 11.4 Å². The van der Waals surface area contributed by atoms with Gasteiger partial charge in [-0.15, -0.1) is 24.8 Å². The van der Waals surface area contributed by atoms with Crippen LogP contribution in [0.25, 0.3) is 11.0 Å². The van der Waals surface area contributed by atoms with Crippen molar-refractivity contribution >= 4 is 41.6 Å². The highest BCUT2D eigenvalue weighted by molar-refractivity contribution is 5.97. The van der Waals surface area contributed by atoms with E-state index in [2.05, 4.69) is 4.57 Å². The number of aromatic nitrogens is 2. The van der Waals surface area contributed by atoms with E-state index >= 15 is 0 Å². The number of rotatable bonds is 5. The zero-order valence-electron chi connectivity index (χ0n) is 23.5. The molecular weight excluding hydrogens is 519 g/mol. The Morgan fingerprint density at radius 2 is 1.39 bits per heavy atom. The van der Waals surface area contributed by atoms with Crippen LogP contribution >= 0.6 is 24.8 Å². The maximum absolute atomic E-state index is 13.7. The van der Waals surface area contributed by atoms with E-state index < -0.39 is 0 Å². The van der Waals surface area contributed by atoms with Crippen LogP contribution in [0, 0.1) is 11.3 Å². The third-order valence-corrected chi connectivity index (χ3v) is 7.66. The number of phenols is 1. The van der Waals surface area contributed by atoms with Gasteiger partial charge >= 0.3 is 0 Å². The van der Waals surface area contributed by atoms with Gasteiger partial charge in [0.1, 0.15) is 5.75 Å². The minimum absolute atomic E-state index is 0. The van der Waals surface area contributed by atoms with Gasteiger partial charge in [0.05, 0.1) is 17.6 Å². The van der Waals surface area contributed by atoms with Crippen LogP contribution in [0.1, 0.15) is 88.7 Å². The molecule has 38 heavy (non-hydrogen) atoms. The molecule has 1 aliphatic carbocycles. The Morgan fingerprint density at radius 1 is 0.921 bits per heavy atom. The van der Waals surface area contributed by atoms with Gasteiger partial charge in [-0.05, 0) is 66.7 Å². The van der Waals surface area contributed by atoms with Crippen LogP contribution in [-0.2, 0) is 23.9 Å². The number of Topliss-reactive ketones (excluding diaryl/α,β-unsaturated/α-hetero) is 1. The molecule has 0 spiro atoms. The van der Waals surface area contributed by atoms with Crippen molar-refractivity contribution in [1.82, 2.24) is 9.13 Å². The van der Waals surface area contributed by atoms with Gasteiger partial charge in [0.25, 0.3) is 0 Å². The average molecular weight is 564 g/mol. The molecule has 0 atom stereocenters. The van der Waals surface area contributed by atoms with Crippen molar-refractivity contribution in [1.29, 1.82) is 5.41 Å². The standard InChI is InChI=1S/C30H42N4O2.2ClH/c1-29(2,3)22-15-20(16-23(27(22)36)30(4,5)6)26(35)18-34-25-10-8-7-9-24(25)33(28(34)32)17-19-11-13-21(31)14-12-19;;/h7-10,15-16,19,21,32,36H,11-14,17-18,31H2,1-6H3;2*1H. The Hall–Kier alpha value is -2.28. The third kappa shape index (κ3) is 6.47. The summed E-state index contributed by atoms with van der Waals surface area (Å²) in [5.41, 5.74) is 9.84. The molecule has 0 bridgehead atoms. The second kappa shape index (κ2) is 11.8. The summed E-state index contributed by atoms with van der Waals surface area (Å²) in [6.45, 7) is 13.1. The lowest BCUT2D eigenvalue weighted by Gasteiger charge is -2.28. The first-order valence-corrected chi connectivity index (χ1v) is 13.2. The van der Waals surface area contributed by atoms with Crippen molar-refractivity contribution in [3.05, 3.63) is 58.7 Å². The monoisotopic (exact) mass is 562 g/mol. The Bertz CT molecular complexity index is 1300. The molecule has 1 heterocycles. The number of halogens is 2. The number of para-hydroxylation sites is 2. The van der Waals surface area contributed by atoms with E-state index in [1.807, 2.05) is 82.5 Å². The molecule has 0 amide bonds. The zero-order valence-corrected chi connectivity index (χ0v) is 25.1. The molecule has 0 aliphatic heterocycles. The van der Waals surface area contributed by atoms with Crippen LogP contribution in [-0.4, -0.2) is 26.1 Å². The van der Waals surface area contributed by atoms with Crippen molar-refractivity contribution in [2.45, 2.75) is 97.2 Å². The Balaban J connectivity index is 0.00000253. The van der Waals surface area contributed by atoms with Crippen molar-refractivity contribution in [3.8, 4) is 5.75 Å². The van der Waals surface area contributed by atoms with Gasteiger partial charge in [-0.1, -0.05) is 53.7 Å². The molecule has 0 radical (unpaired) electrons. The highest BCUT2D eigenvalue weighted by Gasteiger charge is 2.28. The van der Waals surface area contributed by atoms with Crippen LogP contribution in [0.5, 0.6) is 5.75 Å². The number of imidazole rings is 1. The lowest BCUT2D eigenvalue weighted by atomic mass is 9.78. The normalized spacial score (nSPS) is 18.1. The molecule has 4 N–H and O–H groups in total. The fraction of sp³-hybridized carbons (Fsp3) is 0.533. The number of carbonyl (C=O) groups is 1. The van der Waals surface area contributed by atoms with Crippen molar-refractivity contribution in [2.24, 2.45) is 11.7 Å². The average Bonchev–Trinajstić information content (AvgIpc) is 3.05. The van der Waals surface area contributed by atoms with E-state index in [0.29, 0.717) is 23.1 Å². The molecule has 8 heteroatoms. The lowest BCUT2D eigenvalue weighted by Crippen LogP contribution is -2.32. The number of aromatic hydroxyl groups is 1. The second-order valence-corrected chi connectivity index (χ2v) is 12.6. The van der Waals surface area contributed by atoms with Crippen molar-refractivity contribution in [2.75, 3.05) is 0 Å². The van der Waals surface area contributed by atoms with Gasteiger partial charge in [-0.2, -0.15) is 0 Å². The predicted octanol–water partition coefficient (Wildman–Crippen LogP) is 6.47.